The maximum absolute atomic E-state index is 14.0. The highest BCUT2D eigenvalue weighted by Crippen LogP contribution is 2.19. The van der Waals surface area contributed by atoms with E-state index in [1.165, 1.54) is 17.7 Å². The number of piperidine rings is 1. The molecule has 1 saturated heterocycles. The van der Waals surface area contributed by atoms with E-state index in [1.807, 2.05) is 18.2 Å². The Hall–Kier alpha value is -1.76. The van der Waals surface area contributed by atoms with Gasteiger partial charge in [-0.15, -0.1) is 0 Å². The van der Waals surface area contributed by atoms with E-state index in [0.29, 0.717) is 12.1 Å². The Morgan fingerprint density at radius 1 is 1.19 bits per heavy atom. The maximum Gasteiger partial charge on any atom is 0.243 e. The fourth-order valence-corrected chi connectivity index (χ4v) is 4.76. The average molecular weight is 391 g/mol. The number of nitrogens with zero attached hydrogens (tertiary/aromatic N) is 1. The molecular formula is C21H27FN2O2S. The predicted octanol–water partition coefficient (Wildman–Crippen LogP) is 3.37. The highest BCUT2D eigenvalue weighted by Gasteiger charge is 2.24. The van der Waals surface area contributed by atoms with Gasteiger partial charge < -0.3 is 4.90 Å². The Morgan fingerprint density at radius 2 is 1.96 bits per heavy atom. The number of rotatable bonds is 7. The molecule has 4 nitrogen and oxygen atoms in total. The minimum absolute atomic E-state index is 0.248. The number of sulfonamides is 1. The number of likely N-dealkylation sites (tertiary alicyclic amines) is 1. The standard InChI is InChI=1S/C21H27FN2O2S/c1-17-9-10-21(20(22)14-17)27(25,26)23-15-19-8-5-12-24(16-19)13-11-18-6-3-2-4-7-18/h2-4,6-7,9-10,14,19,23H,5,8,11-13,15-16H2,1H3/t19-/m1/s1. The smallest absolute Gasteiger partial charge is 0.243 e. The van der Waals surface area contributed by atoms with Crippen molar-refractivity contribution >= 4 is 10.0 Å². The van der Waals surface area contributed by atoms with Gasteiger partial charge in [0.15, 0.2) is 0 Å². The molecule has 146 valence electrons. The number of halogens is 1. The number of nitrogens with one attached hydrogen (secondary N) is 1. The van der Waals surface area contributed by atoms with E-state index in [2.05, 4.69) is 21.8 Å². The second kappa shape index (κ2) is 8.95. The van der Waals surface area contributed by atoms with Crippen LogP contribution in [0.3, 0.4) is 0 Å². The molecule has 0 unspecified atom stereocenters. The third kappa shape index (κ3) is 5.61. The molecule has 1 aliphatic rings. The minimum Gasteiger partial charge on any atom is -0.303 e. The van der Waals surface area contributed by atoms with Gasteiger partial charge in [0, 0.05) is 19.6 Å². The van der Waals surface area contributed by atoms with Crippen LogP contribution < -0.4 is 4.72 Å². The summed E-state index contributed by atoms with van der Waals surface area (Å²) < 4.78 is 41.5. The van der Waals surface area contributed by atoms with E-state index in [4.69, 9.17) is 0 Å². The molecule has 0 aromatic heterocycles. The van der Waals surface area contributed by atoms with Crippen LogP contribution in [0, 0.1) is 18.7 Å². The molecule has 0 spiro atoms. The van der Waals surface area contributed by atoms with Crippen molar-refractivity contribution in [2.24, 2.45) is 5.92 Å². The van der Waals surface area contributed by atoms with Gasteiger partial charge in [0.1, 0.15) is 10.7 Å². The van der Waals surface area contributed by atoms with E-state index >= 15 is 0 Å². The molecule has 1 atom stereocenters. The highest BCUT2D eigenvalue weighted by molar-refractivity contribution is 7.89. The van der Waals surface area contributed by atoms with Gasteiger partial charge in [-0.1, -0.05) is 36.4 Å². The molecule has 1 heterocycles. The molecule has 2 aromatic rings. The summed E-state index contributed by atoms with van der Waals surface area (Å²) in [4.78, 5) is 2.12. The number of benzene rings is 2. The summed E-state index contributed by atoms with van der Waals surface area (Å²) in [7, 11) is -3.82. The monoisotopic (exact) mass is 390 g/mol. The Morgan fingerprint density at radius 3 is 2.70 bits per heavy atom. The molecule has 0 radical (unpaired) electrons. The summed E-state index contributed by atoms with van der Waals surface area (Å²) >= 11 is 0. The molecule has 1 aliphatic heterocycles. The molecule has 0 saturated carbocycles. The Balaban J connectivity index is 1.53. The molecule has 0 amide bonds. The highest BCUT2D eigenvalue weighted by atomic mass is 32.2. The fraction of sp³-hybridized carbons (Fsp3) is 0.429. The summed E-state index contributed by atoms with van der Waals surface area (Å²) in [6.07, 6.45) is 3.04. The van der Waals surface area contributed by atoms with Gasteiger partial charge in [-0.25, -0.2) is 17.5 Å². The lowest BCUT2D eigenvalue weighted by molar-refractivity contribution is 0.178. The molecule has 2 aromatic carbocycles. The lowest BCUT2D eigenvalue weighted by Crippen LogP contribution is -2.41. The first kappa shape index (κ1) is 20.0. The van der Waals surface area contributed by atoms with Gasteiger partial charge in [-0.2, -0.15) is 0 Å². The second-order valence-electron chi connectivity index (χ2n) is 7.33. The van der Waals surface area contributed by atoms with E-state index in [9.17, 15) is 12.8 Å². The van der Waals surface area contributed by atoms with Crippen molar-refractivity contribution in [3.05, 3.63) is 65.5 Å². The molecule has 0 bridgehead atoms. The topological polar surface area (TPSA) is 49.4 Å². The van der Waals surface area contributed by atoms with Crippen LogP contribution in [0.1, 0.15) is 24.0 Å². The normalized spacial score (nSPS) is 18.5. The number of hydrogen-bond acceptors (Lipinski definition) is 3. The first-order chi connectivity index (χ1) is 12.9. The minimum atomic E-state index is -3.82. The average Bonchev–Trinajstić information content (AvgIpc) is 2.66. The number of aryl methyl sites for hydroxylation is 1. The van der Waals surface area contributed by atoms with Gasteiger partial charge in [-0.3, -0.25) is 0 Å². The molecule has 3 rings (SSSR count). The zero-order chi connectivity index (χ0) is 19.3. The number of hydrogen-bond donors (Lipinski definition) is 1. The predicted molar refractivity (Wildman–Crippen MR) is 106 cm³/mol. The lowest BCUT2D eigenvalue weighted by Gasteiger charge is -2.32. The van der Waals surface area contributed by atoms with E-state index in [1.54, 1.807) is 13.0 Å². The summed E-state index contributed by atoms with van der Waals surface area (Å²) in [5.41, 5.74) is 2.02. The van der Waals surface area contributed by atoms with Crippen molar-refractivity contribution in [3.8, 4) is 0 Å². The molecule has 1 fully saturated rings. The summed E-state index contributed by atoms with van der Waals surface area (Å²) in [6.45, 7) is 4.96. The second-order valence-corrected chi connectivity index (χ2v) is 9.07. The largest absolute Gasteiger partial charge is 0.303 e. The first-order valence-electron chi connectivity index (χ1n) is 9.46. The zero-order valence-corrected chi connectivity index (χ0v) is 16.5. The zero-order valence-electron chi connectivity index (χ0n) is 15.7. The molecule has 6 heteroatoms. The Bertz CT molecular complexity index is 856. The van der Waals surface area contributed by atoms with Crippen molar-refractivity contribution in [2.45, 2.75) is 31.1 Å². The van der Waals surface area contributed by atoms with Crippen molar-refractivity contribution in [3.63, 3.8) is 0 Å². The van der Waals surface area contributed by atoms with Crippen LogP contribution in [0.5, 0.6) is 0 Å². The fourth-order valence-electron chi connectivity index (χ4n) is 3.58. The summed E-state index contributed by atoms with van der Waals surface area (Å²) in [5.74, 6) is -0.451. The lowest BCUT2D eigenvalue weighted by atomic mass is 9.98. The summed E-state index contributed by atoms with van der Waals surface area (Å²) in [6, 6.07) is 14.6. The molecular weight excluding hydrogens is 363 g/mol. The van der Waals surface area contributed by atoms with Crippen LogP contribution in [0.2, 0.25) is 0 Å². The summed E-state index contributed by atoms with van der Waals surface area (Å²) in [5, 5.41) is 0. The van der Waals surface area contributed by atoms with Gasteiger partial charge in [0.2, 0.25) is 10.0 Å². The quantitative estimate of drug-likeness (QED) is 0.789. The Kier molecular flexibility index (Phi) is 6.63. The van der Waals surface area contributed by atoms with Crippen LogP contribution in [-0.4, -0.2) is 39.5 Å². The van der Waals surface area contributed by atoms with Crippen molar-refractivity contribution in [1.82, 2.24) is 9.62 Å². The SMILES string of the molecule is Cc1ccc(S(=O)(=O)NC[C@H]2CCCN(CCc3ccccc3)C2)c(F)c1. The van der Waals surface area contributed by atoms with Crippen molar-refractivity contribution in [2.75, 3.05) is 26.2 Å². The van der Waals surface area contributed by atoms with Gasteiger partial charge in [0.05, 0.1) is 0 Å². The van der Waals surface area contributed by atoms with Crippen LogP contribution in [0.25, 0.3) is 0 Å². The molecule has 0 aliphatic carbocycles. The van der Waals surface area contributed by atoms with Crippen LogP contribution >= 0.6 is 0 Å². The van der Waals surface area contributed by atoms with Gasteiger partial charge in [-0.05, 0) is 61.9 Å². The van der Waals surface area contributed by atoms with Crippen LogP contribution in [0.4, 0.5) is 4.39 Å². The Labute approximate surface area is 161 Å². The van der Waals surface area contributed by atoms with Crippen LogP contribution in [0.15, 0.2) is 53.4 Å². The van der Waals surface area contributed by atoms with Crippen LogP contribution in [-0.2, 0) is 16.4 Å². The van der Waals surface area contributed by atoms with Crippen molar-refractivity contribution < 1.29 is 12.8 Å². The van der Waals surface area contributed by atoms with Gasteiger partial charge >= 0.3 is 0 Å². The van der Waals surface area contributed by atoms with Gasteiger partial charge in [0.25, 0.3) is 0 Å². The van der Waals surface area contributed by atoms with Crippen molar-refractivity contribution in [1.29, 1.82) is 0 Å². The third-order valence-electron chi connectivity index (χ3n) is 5.10. The maximum atomic E-state index is 14.0. The van der Waals surface area contributed by atoms with E-state index in [0.717, 1.165) is 38.9 Å². The molecule has 27 heavy (non-hydrogen) atoms. The van der Waals surface area contributed by atoms with E-state index in [-0.39, 0.29) is 10.8 Å². The first-order valence-corrected chi connectivity index (χ1v) is 10.9. The van der Waals surface area contributed by atoms with E-state index < -0.39 is 15.8 Å². The third-order valence-corrected chi connectivity index (χ3v) is 6.56. The molecule has 1 N–H and O–H groups in total.